The van der Waals surface area contributed by atoms with Crippen molar-refractivity contribution in [3.63, 3.8) is 0 Å². The number of benzene rings is 1. The van der Waals surface area contributed by atoms with Gasteiger partial charge in [0, 0.05) is 5.56 Å². The van der Waals surface area contributed by atoms with E-state index in [1.807, 2.05) is 0 Å². The first-order chi connectivity index (χ1) is 12.3. The maximum atomic E-state index is 12.6. The van der Waals surface area contributed by atoms with Crippen LogP contribution in [0.1, 0.15) is 21.6 Å². The Bertz CT molecular complexity index is 839. The quantitative estimate of drug-likeness (QED) is 0.744. The summed E-state index contributed by atoms with van der Waals surface area (Å²) in [5.41, 5.74) is 4.37. The van der Waals surface area contributed by atoms with Crippen LogP contribution in [0.3, 0.4) is 0 Å². The van der Waals surface area contributed by atoms with Crippen LogP contribution >= 0.6 is 0 Å². The van der Waals surface area contributed by atoms with Crippen LogP contribution in [-0.2, 0) is 11.0 Å². The van der Waals surface area contributed by atoms with E-state index in [1.54, 1.807) is 0 Å². The van der Waals surface area contributed by atoms with Crippen molar-refractivity contribution in [2.24, 2.45) is 10.9 Å². The maximum absolute atomic E-state index is 12.6. The fraction of sp³-hybridized carbons (Fsp3) is 0.143. The molecule has 1 aliphatic rings. The molecule has 0 spiro atoms. The van der Waals surface area contributed by atoms with Crippen molar-refractivity contribution >= 4 is 17.6 Å². The van der Waals surface area contributed by atoms with Gasteiger partial charge in [0.2, 0.25) is 5.84 Å². The third-order valence-electron chi connectivity index (χ3n) is 3.32. The number of aromatic nitrogens is 2. The molecule has 1 aromatic heterocycles. The third-order valence-corrected chi connectivity index (χ3v) is 3.32. The predicted octanol–water partition coefficient (Wildman–Crippen LogP) is 1.37. The number of nitrogens with zero attached hydrogens (tertiary/aromatic N) is 4. The number of hydrogen-bond acceptors (Lipinski definition) is 8. The molecule has 1 aliphatic heterocycles. The van der Waals surface area contributed by atoms with Crippen LogP contribution < -0.4 is 11.1 Å². The summed E-state index contributed by atoms with van der Waals surface area (Å²) >= 11 is 0. The minimum absolute atomic E-state index is 0.0505. The van der Waals surface area contributed by atoms with Gasteiger partial charge in [-0.1, -0.05) is 17.3 Å². The molecule has 2 aromatic rings. The number of carbonyl (C=O) groups excluding carboxylic acids is 1. The van der Waals surface area contributed by atoms with E-state index in [-0.39, 0.29) is 22.9 Å². The molecule has 0 saturated heterocycles. The van der Waals surface area contributed by atoms with Gasteiger partial charge >= 0.3 is 12.5 Å². The fourth-order valence-electron chi connectivity index (χ4n) is 2.03. The van der Waals surface area contributed by atoms with Crippen molar-refractivity contribution in [2.75, 3.05) is 5.32 Å². The van der Waals surface area contributed by atoms with Crippen LogP contribution in [0.4, 0.5) is 19.0 Å². The molecule has 0 fully saturated rings. The topological polar surface area (TPSA) is 126 Å². The van der Waals surface area contributed by atoms with Crippen molar-refractivity contribution in [1.82, 2.24) is 15.0 Å². The number of hydroxylamine groups is 2. The first-order valence-corrected chi connectivity index (χ1v) is 7.03. The molecule has 9 nitrogen and oxygen atoms in total. The Morgan fingerprint density at radius 3 is 2.46 bits per heavy atom. The lowest BCUT2D eigenvalue weighted by molar-refractivity contribution is -0.137. The van der Waals surface area contributed by atoms with Gasteiger partial charge in [0.15, 0.2) is 0 Å². The Balaban J connectivity index is 1.69. The molecule has 4 N–H and O–H groups in total. The van der Waals surface area contributed by atoms with Gasteiger partial charge < -0.3 is 15.9 Å². The van der Waals surface area contributed by atoms with E-state index in [0.29, 0.717) is 5.06 Å². The lowest BCUT2D eigenvalue weighted by atomic mass is 10.1. The van der Waals surface area contributed by atoms with Gasteiger partial charge in [-0.25, -0.2) is 9.97 Å². The van der Waals surface area contributed by atoms with Crippen LogP contribution in [0.5, 0.6) is 0 Å². The number of nitrogens with one attached hydrogen (secondary N) is 1. The Labute approximate surface area is 143 Å². The highest BCUT2D eigenvalue weighted by Gasteiger charge is 2.33. The average molecular weight is 368 g/mol. The molecule has 1 unspecified atom stereocenters. The number of alkyl halides is 3. The second-order valence-electron chi connectivity index (χ2n) is 5.09. The molecular formula is C14H11F3N6O3. The normalized spacial score (nSPS) is 16.8. The van der Waals surface area contributed by atoms with Gasteiger partial charge in [0.05, 0.1) is 18.0 Å². The van der Waals surface area contributed by atoms with E-state index in [0.717, 1.165) is 30.5 Å². The van der Waals surface area contributed by atoms with E-state index in [9.17, 15) is 23.2 Å². The number of rotatable bonds is 4. The third kappa shape index (κ3) is 3.49. The largest absolute Gasteiger partial charge is 0.416 e. The molecule has 136 valence electrons. The molecule has 26 heavy (non-hydrogen) atoms. The SMILES string of the molecule is NC(=O)c1cnc(NC2ON=C(c3ccc(C(F)(F)F)cc3)N2O)cn1. The van der Waals surface area contributed by atoms with Gasteiger partial charge in [-0.05, 0) is 12.1 Å². The van der Waals surface area contributed by atoms with Crippen molar-refractivity contribution < 1.29 is 28.0 Å². The summed E-state index contributed by atoms with van der Waals surface area (Å²) in [7, 11) is 0. The number of nitrogens with two attached hydrogens (primary N) is 1. The minimum Gasteiger partial charge on any atom is -0.364 e. The zero-order valence-electron chi connectivity index (χ0n) is 12.8. The number of carbonyl (C=O) groups is 1. The highest BCUT2D eigenvalue weighted by molar-refractivity contribution is 5.98. The Morgan fingerprint density at radius 2 is 1.92 bits per heavy atom. The van der Waals surface area contributed by atoms with Gasteiger partial charge in [-0.3, -0.25) is 10.0 Å². The van der Waals surface area contributed by atoms with Crippen LogP contribution in [0.25, 0.3) is 0 Å². The number of amides is 1. The Kier molecular flexibility index (Phi) is 4.34. The lowest BCUT2D eigenvalue weighted by Crippen LogP contribution is -2.39. The lowest BCUT2D eigenvalue weighted by Gasteiger charge is -2.19. The predicted molar refractivity (Wildman–Crippen MR) is 80.7 cm³/mol. The van der Waals surface area contributed by atoms with E-state index in [4.69, 9.17) is 10.6 Å². The molecule has 12 heteroatoms. The molecule has 0 radical (unpaired) electrons. The van der Waals surface area contributed by atoms with Crippen LogP contribution in [0, 0.1) is 0 Å². The second kappa shape index (κ2) is 6.48. The zero-order chi connectivity index (χ0) is 18.9. The van der Waals surface area contributed by atoms with Crippen LogP contribution in [0.2, 0.25) is 0 Å². The average Bonchev–Trinajstić information content (AvgIpc) is 2.95. The molecule has 2 heterocycles. The van der Waals surface area contributed by atoms with Gasteiger partial charge in [-0.2, -0.15) is 18.2 Å². The molecule has 0 saturated carbocycles. The van der Waals surface area contributed by atoms with Gasteiger partial charge in [0.1, 0.15) is 11.5 Å². The summed E-state index contributed by atoms with van der Waals surface area (Å²) in [6.07, 6.45) is -3.35. The molecule has 0 aliphatic carbocycles. The van der Waals surface area contributed by atoms with Crippen LogP contribution in [0.15, 0.2) is 41.8 Å². The first kappa shape index (κ1) is 17.4. The van der Waals surface area contributed by atoms with Gasteiger partial charge in [0.25, 0.3) is 5.91 Å². The second-order valence-corrected chi connectivity index (χ2v) is 5.09. The van der Waals surface area contributed by atoms with E-state index >= 15 is 0 Å². The summed E-state index contributed by atoms with van der Waals surface area (Å²) in [4.78, 5) is 23.5. The highest BCUT2D eigenvalue weighted by Crippen LogP contribution is 2.29. The highest BCUT2D eigenvalue weighted by atomic mass is 19.4. The summed E-state index contributed by atoms with van der Waals surface area (Å²) in [5, 5.41) is 16.9. The first-order valence-electron chi connectivity index (χ1n) is 7.03. The molecule has 1 atom stereocenters. The molecule has 1 aromatic carbocycles. The number of hydrogen-bond donors (Lipinski definition) is 3. The molecular weight excluding hydrogens is 357 g/mol. The van der Waals surface area contributed by atoms with Crippen molar-refractivity contribution in [1.29, 1.82) is 0 Å². The van der Waals surface area contributed by atoms with E-state index < -0.39 is 24.0 Å². The summed E-state index contributed by atoms with van der Waals surface area (Å²) in [6, 6.07) is 4.02. The van der Waals surface area contributed by atoms with Crippen LogP contribution in [-0.4, -0.2) is 38.3 Å². The smallest absolute Gasteiger partial charge is 0.364 e. The minimum atomic E-state index is -4.47. The Morgan fingerprint density at radius 1 is 1.23 bits per heavy atom. The van der Waals surface area contributed by atoms with Gasteiger partial charge in [-0.15, -0.1) is 0 Å². The molecule has 3 rings (SSSR count). The van der Waals surface area contributed by atoms with Crippen molar-refractivity contribution in [3.8, 4) is 0 Å². The standard InChI is InChI=1S/C14H11F3N6O3/c15-14(16,17)8-3-1-7(2-4-8)12-22-26-13(23(12)25)21-10-6-19-9(5-20-10)11(18)24/h1-6,13,25H,(H2,18,24)(H,20,21). The van der Waals surface area contributed by atoms with Crippen molar-refractivity contribution in [3.05, 3.63) is 53.5 Å². The number of amidine groups is 1. The summed E-state index contributed by atoms with van der Waals surface area (Å²) in [6.45, 7) is 0. The zero-order valence-corrected chi connectivity index (χ0v) is 12.8. The monoisotopic (exact) mass is 368 g/mol. The number of primary amides is 1. The fourth-order valence-corrected chi connectivity index (χ4v) is 2.03. The Hall–Kier alpha value is -3.41. The number of anilines is 1. The number of halogens is 3. The van der Waals surface area contributed by atoms with E-state index in [2.05, 4.69) is 20.4 Å². The molecule has 0 bridgehead atoms. The summed E-state index contributed by atoms with van der Waals surface area (Å²) < 4.78 is 37.8. The molecule has 1 amide bonds. The van der Waals surface area contributed by atoms with E-state index in [1.165, 1.54) is 6.20 Å². The van der Waals surface area contributed by atoms with Crippen molar-refractivity contribution in [2.45, 2.75) is 12.5 Å². The summed E-state index contributed by atoms with van der Waals surface area (Å²) in [5.74, 6) is -0.710. The maximum Gasteiger partial charge on any atom is 0.416 e. The number of oxime groups is 1.